The molecule has 4 rings (SSSR count). The summed E-state index contributed by atoms with van der Waals surface area (Å²) in [4.78, 5) is 35.7. The molecule has 1 fully saturated rings. The predicted molar refractivity (Wildman–Crippen MR) is 130 cm³/mol. The number of hydrogen-bond acceptors (Lipinski definition) is 4. The summed E-state index contributed by atoms with van der Waals surface area (Å²) in [6, 6.07) is 5.75. The van der Waals surface area contributed by atoms with Crippen molar-refractivity contribution in [2.75, 3.05) is 22.9 Å². The van der Waals surface area contributed by atoms with Crippen LogP contribution in [0.4, 0.5) is 25.4 Å². The Bertz CT molecular complexity index is 1080. The Morgan fingerprint density at radius 1 is 1.26 bits per heavy atom. The molecule has 0 spiro atoms. The SMILES string of the molecule is Cc1cccc(F)c1N1Cc2cnc(Cl)cc2N([C@H]2CCCCN(C(=O)OC(C)(C)C)C2)C1=O. The molecule has 1 saturated heterocycles. The normalized spacial score (nSPS) is 19.1. The maximum Gasteiger partial charge on any atom is 0.410 e. The summed E-state index contributed by atoms with van der Waals surface area (Å²) in [6.45, 7) is 8.30. The van der Waals surface area contributed by atoms with Gasteiger partial charge in [0.2, 0.25) is 0 Å². The molecule has 2 aliphatic heterocycles. The molecule has 2 aliphatic rings. The van der Waals surface area contributed by atoms with E-state index in [2.05, 4.69) is 4.98 Å². The summed E-state index contributed by atoms with van der Waals surface area (Å²) in [6.07, 6.45) is 3.55. The highest BCUT2D eigenvalue weighted by Gasteiger charge is 2.39. The van der Waals surface area contributed by atoms with Gasteiger partial charge in [-0.25, -0.2) is 19.0 Å². The molecule has 0 N–H and O–H groups in total. The van der Waals surface area contributed by atoms with E-state index in [-0.39, 0.29) is 29.5 Å². The van der Waals surface area contributed by atoms with Crippen LogP contribution in [0.3, 0.4) is 0 Å². The second-order valence-corrected chi connectivity index (χ2v) is 10.2. The van der Waals surface area contributed by atoms with Gasteiger partial charge < -0.3 is 9.64 Å². The van der Waals surface area contributed by atoms with Crippen LogP contribution in [0.25, 0.3) is 0 Å². The number of hydrogen-bond donors (Lipinski definition) is 0. The number of urea groups is 1. The Labute approximate surface area is 204 Å². The number of halogens is 2. The molecule has 7 nitrogen and oxygen atoms in total. The fourth-order valence-electron chi connectivity index (χ4n) is 4.58. The second-order valence-electron chi connectivity index (χ2n) is 9.86. The van der Waals surface area contributed by atoms with E-state index in [4.69, 9.17) is 16.3 Å². The average Bonchev–Trinajstić information content (AvgIpc) is 2.99. The van der Waals surface area contributed by atoms with Crippen molar-refractivity contribution in [3.63, 3.8) is 0 Å². The highest BCUT2D eigenvalue weighted by Crippen LogP contribution is 2.37. The monoisotopic (exact) mass is 488 g/mol. The summed E-state index contributed by atoms with van der Waals surface area (Å²) < 4.78 is 20.5. The summed E-state index contributed by atoms with van der Waals surface area (Å²) in [5.41, 5.74) is 1.70. The first-order valence-corrected chi connectivity index (χ1v) is 11.9. The Balaban J connectivity index is 1.73. The third kappa shape index (κ3) is 4.97. The number of pyridine rings is 1. The number of benzene rings is 1. The molecule has 1 aromatic carbocycles. The maximum absolute atomic E-state index is 14.9. The summed E-state index contributed by atoms with van der Waals surface area (Å²) in [5, 5.41) is 0.268. The van der Waals surface area contributed by atoms with Crippen LogP contribution in [-0.2, 0) is 11.3 Å². The lowest BCUT2D eigenvalue weighted by molar-refractivity contribution is 0.0249. The highest BCUT2D eigenvalue weighted by molar-refractivity contribution is 6.29. The van der Waals surface area contributed by atoms with Crippen LogP contribution in [0.5, 0.6) is 0 Å². The van der Waals surface area contributed by atoms with E-state index in [1.807, 2.05) is 20.8 Å². The number of fused-ring (bicyclic) bond motifs is 1. The molecule has 34 heavy (non-hydrogen) atoms. The van der Waals surface area contributed by atoms with Crippen LogP contribution in [-0.4, -0.2) is 46.7 Å². The number of rotatable bonds is 2. The van der Waals surface area contributed by atoms with Crippen molar-refractivity contribution in [1.29, 1.82) is 0 Å². The number of aromatic nitrogens is 1. The number of carbonyl (C=O) groups is 2. The number of aryl methyl sites for hydroxylation is 1. The van der Waals surface area contributed by atoms with E-state index < -0.39 is 17.5 Å². The molecule has 3 amide bonds. The molecular formula is C25H30ClFN4O3. The molecule has 9 heteroatoms. The Morgan fingerprint density at radius 2 is 2.03 bits per heavy atom. The second kappa shape index (κ2) is 9.41. The lowest BCUT2D eigenvalue weighted by Gasteiger charge is -2.42. The van der Waals surface area contributed by atoms with E-state index in [0.29, 0.717) is 30.8 Å². The van der Waals surface area contributed by atoms with Crippen molar-refractivity contribution in [2.45, 2.75) is 65.1 Å². The zero-order chi connectivity index (χ0) is 24.6. The third-order valence-electron chi connectivity index (χ3n) is 6.08. The van der Waals surface area contributed by atoms with Gasteiger partial charge in [0.1, 0.15) is 16.6 Å². The molecule has 182 valence electrons. The van der Waals surface area contributed by atoms with Crippen LogP contribution in [0.1, 0.15) is 51.2 Å². The minimum absolute atomic E-state index is 0.180. The largest absolute Gasteiger partial charge is 0.444 e. The maximum atomic E-state index is 14.9. The predicted octanol–water partition coefficient (Wildman–Crippen LogP) is 5.92. The smallest absolute Gasteiger partial charge is 0.410 e. The first-order valence-electron chi connectivity index (χ1n) is 11.5. The number of anilines is 2. The van der Waals surface area contributed by atoms with Crippen molar-refractivity contribution < 1.29 is 18.7 Å². The Hall–Kier alpha value is -2.87. The standard InChI is InChI=1S/C25H30ClFN4O3/c1-16-8-7-10-19(27)22(16)30-14-17-13-28-21(26)12-20(17)31(23(30)32)18-9-5-6-11-29(15-18)24(33)34-25(2,3)4/h7-8,10,12-13,18H,5-6,9,11,14-15H2,1-4H3/t18-/m0/s1. The first kappa shape index (κ1) is 24.3. The van der Waals surface area contributed by atoms with Crippen LogP contribution in [0.15, 0.2) is 30.5 Å². The van der Waals surface area contributed by atoms with Crippen molar-refractivity contribution in [3.05, 3.63) is 52.6 Å². The summed E-state index contributed by atoms with van der Waals surface area (Å²) in [5.74, 6) is -0.463. The number of likely N-dealkylation sites (tertiary alicyclic amines) is 1. The quantitative estimate of drug-likeness (QED) is 0.492. The molecule has 1 aromatic heterocycles. The van der Waals surface area contributed by atoms with Gasteiger partial charge in [0.25, 0.3) is 0 Å². The first-order chi connectivity index (χ1) is 16.0. The lowest BCUT2D eigenvalue weighted by atomic mass is 10.0. The summed E-state index contributed by atoms with van der Waals surface area (Å²) >= 11 is 6.21. The van der Waals surface area contributed by atoms with E-state index in [1.165, 1.54) is 11.0 Å². The summed E-state index contributed by atoms with van der Waals surface area (Å²) in [7, 11) is 0. The fraction of sp³-hybridized carbons (Fsp3) is 0.480. The molecule has 0 unspecified atom stereocenters. The molecule has 2 aromatic rings. The van der Waals surface area contributed by atoms with Gasteiger partial charge in [-0.1, -0.05) is 23.7 Å². The lowest BCUT2D eigenvalue weighted by Crippen LogP contribution is -2.55. The fourth-order valence-corrected chi connectivity index (χ4v) is 4.73. The van der Waals surface area contributed by atoms with Gasteiger partial charge in [0.15, 0.2) is 0 Å². The van der Waals surface area contributed by atoms with Gasteiger partial charge in [-0.15, -0.1) is 0 Å². The van der Waals surface area contributed by atoms with Gasteiger partial charge >= 0.3 is 12.1 Å². The van der Waals surface area contributed by atoms with Crippen LogP contribution in [0.2, 0.25) is 5.15 Å². The van der Waals surface area contributed by atoms with Crippen molar-refractivity contribution >= 4 is 35.1 Å². The molecule has 0 radical (unpaired) electrons. The number of ether oxygens (including phenoxy) is 1. The van der Waals surface area contributed by atoms with E-state index in [1.54, 1.807) is 41.1 Å². The average molecular weight is 489 g/mol. The molecule has 1 atom stereocenters. The Kier molecular flexibility index (Phi) is 6.71. The molecule has 0 saturated carbocycles. The van der Waals surface area contributed by atoms with Crippen LogP contribution >= 0.6 is 11.6 Å². The molecular weight excluding hydrogens is 459 g/mol. The Morgan fingerprint density at radius 3 is 2.74 bits per heavy atom. The minimum Gasteiger partial charge on any atom is -0.444 e. The number of para-hydroxylation sites is 1. The minimum atomic E-state index is -0.620. The van der Waals surface area contributed by atoms with Gasteiger partial charge in [-0.05, 0) is 64.7 Å². The van der Waals surface area contributed by atoms with Gasteiger partial charge in [-0.2, -0.15) is 0 Å². The number of nitrogens with zero attached hydrogens (tertiary/aromatic N) is 4. The van der Waals surface area contributed by atoms with E-state index >= 15 is 0 Å². The molecule has 0 bridgehead atoms. The van der Waals surface area contributed by atoms with Gasteiger partial charge in [0, 0.05) is 24.8 Å². The van der Waals surface area contributed by atoms with Crippen molar-refractivity contribution in [1.82, 2.24) is 9.88 Å². The van der Waals surface area contributed by atoms with Gasteiger partial charge in [0.05, 0.1) is 24.0 Å². The molecule has 0 aliphatic carbocycles. The highest BCUT2D eigenvalue weighted by atomic mass is 35.5. The van der Waals surface area contributed by atoms with E-state index in [0.717, 1.165) is 18.4 Å². The van der Waals surface area contributed by atoms with Crippen LogP contribution in [0, 0.1) is 12.7 Å². The molecule has 3 heterocycles. The van der Waals surface area contributed by atoms with Gasteiger partial charge in [-0.3, -0.25) is 9.80 Å². The van der Waals surface area contributed by atoms with Crippen molar-refractivity contribution in [2.24, 2.45) is 0 Å². The van der Waals surface area contributed by atoms with E-state index in [9.17, 15) is 14.0 Å². The van der Waals surface area contributed by atoms with Crippen molar-refractivity contribution in [3.8, 4) is 0 Å². The zero-order valence-corrected chi connectivity index (χ0v) is 20.7. The third-order valence-corrected chi connectivity index (χ3v) is 6.28. The number of amides is 3. The zero-order valence-electron chi connectivity index (χ0n) is 20.0. The van der Waals surface area contributed by atoms with Crippen LogP contribution < -0.4 is 9.80 Å². The number of carbonyl (C=O) groups excluding carboxylic acids is 2. The topological polar surface area (TPSA) is 66.0 Å².